The standard InChI is InChI=1S/C16H15ClN4O4S/c1-20-15-7-4-12(21(22)23)10-14(15)19-16(20)8-9-18-26(24,25)13-5-2-11(17)3-6-13/h2-7,10,18H,8-9H2,1H3. The lowest BCUT2D eigenvalue weighted by atomic mass is 10.3. The van der Waals surface area contributed by atoms with Gasteiger partial charge in [0.15, 0.2) is 0 Å². The van der Waals surface area contributed by atoms with Crippen molar-refractivity contribution in [1.82, 2.24) is 14.3 Å². The van der Waals surface area contributed by atoms with E-state index in [-0.39, 0.29) is 17.1 Å². The number of nitro benzene ring substituents is 1. The summed E-state index contributed by atoms with van der Waals surface area (Å²) < 4.78 is 28.8. The molecule has 0 aliphatic heterocycles. The molecule has 10 heteroatoms. The van der Waals surface area contributed by atoms with Gasteiger partial charge in [-0.15, -0.1) is 0 Å². The lowest BCUT2D eigenvalue weighted by Crippen LogP contribution is -2.26. The second kappa shape index (κ2) is 7.02. The highest BCUT2D eigenvalue weighted by molar-refractivity contribution is 7.89. The van der Waals surface area contributed by atoms with Crippen molar-refractivity contribution in [2.75, 3.05) is 6.54 Å². The Morgan fingerprint density at radius 2 is 1.92 bits per heavy atom. The normalized spacial score (nSPS) is 11.8. The smallest absolute Gasteiger partial charge is 0.271 e. The van der Waals surface area contributed by atoms with Gasteiger partial charge in [0, 0.05) is 37.2 Å². The van der Waals surface area contributed by atoms with Gasteiger partial charge < -0.3 is 4.57 Å². The van der Waals surface area contributed by atoms with Crippen LogP contribution in [0.4, 0.5) is 5.69 Å². The molecular formula is C16H15ClN4O4S. The fourth-order valence-electron chi connectivity index (χ4n) is 2.57. The molecule has 26 heavy (non-hydrogen) atoms. The van der Waals surface area contributed by atoms with E-state index >= 15 is 0 Å². The van der Waals surface area contributed by atoms with Gasteiger partial charge >= 0.3 is 0 Å². The average molecular weight is 395 g/mol. The Kier molecular flexibility index (Phi) is 4.94. The summed E-state index contributed by atoms with van der Waals surface area (Å²) in [6, 6.07) is 10.3. The minimum atomic E-state index is -3.64. The zero-order chi connectivity index (χ0) is 18.9. The molecule has 0 radical (unpaired) electrons. The second-order valence-corrected chi connectivity index (χ2v) is 7.82. The van der Waals surface area contributed by atoms with Crippen molar-refractivity contribution in [3.8, 4) is 0 Å². The van der Waals surface area contributed by atoms with Crippen molar-refractivity contribution in [3.63, 3.8) is 0 Å². The number of sulfonamides is 1. The molecule has 2 aromatic carbocycles. The minimum absolute atomic E-state index is 0.0365. The molecular weight excluding hydrogens is 380 g/mol. The van der Waals surface area contributed by atoms with Crippen LogP contribution in [0.3, 0.4) is 0 Å². The number of fused-ring (bicyclic) bond motifs is 1. The molecule has 0 bridgehead atoms. The summed E-state index contributed by atoms with van der Waals surface area (Å²) in [4.78, 5) is 14.9. The van der Waals surface area contributed by atoms with Crippen LogP contribution in [0.15, 0.2) is 47.4 Å². The largest absolute Gasteiger partial charge is 0.331 e. The van der Waals surface area contributed by atoms with Gasteiger partial charge in [-0.2, -0.15) is 0 Å². The Morgan fingerprint density at radius 1 is 1.23 bits per heavy atom. The van der Waals surface area contributed by atoms with Crippen molar-refractivity contribution in [2.24, 2.45) is 7.05 Å². The highest BCUT2D eigenvalue weighted by Gasteiger charge is 2.15. The average Bonchev–Trinajstić information content (AvgIpc) is 2.90. The maximum atomic E-state index is 12.3. The van der Waals surface area contributed by atoms with E-state index in [4.69, 9.17) is 11.6 Å². The van der Waals surface area contributed by atoms with Crippen LogP contribution in [0, 0.1) is 10.1 Å². The number of imidazole rings is 1. The number of nitrogens with zero attached hydrogens (tertiary/aromatic N) is 3. The van der Waals surface area contributed by atoms with E-state index in [0.29, 0.717) is 22.8 Å². The maximum Gasteiger partial charge on any atom is 0.271 e. The third-order valence-electron chi connectivity index (χ3n) is 3.93. The lowest BCUT2D eigenvalue weighted by molar-refractivity contribution is -0.384. The van der Waals surface area contributed by atoms with Crippen LogP contribution in [-0.4, -0.2) is 29.4 Å². The molecule has 0 amide bonds. The molecule has 3 aromatic rings. The highest BCUT2D eigenvalue weighted by atomic mass is 35.5. The van der Waals surface area contributed by atoms with Crippen LogP contribution in [0.1, 0.15) is 5.82 Å². The van der Waals surface area contributed by atoms with Crippen molar-refractivity contribution in [3.05, 3.63) is 63.4 Å². The molecule has 0 fully saturated rings. The first-order valence-corrected chi connectivity index (χ1v) is 9.49. The van der Waals surface area contributed by atoms with Gasteiger partial charge in [0.25, 0.3) is 5.69 Å². The number of nitro groups is 1. The molecule has 0 atom stereocenters. The number of hydrogen-bond donors (Lipinski definition) is 1. The molecule has 136 valence electrons. The molecule has 0 saturated heterocycles. The van der Waals surface area contributed by atoms with Crippen LogP contribution in [0.5, 0.6) is 0 Å². The van der Waals surface area contributed by atoms with Gasteiger partial charge in [-0.3, -0.25) is 10.1 Å². The first-order valence-electron chi connectivity index (χ1n) is 7.63. The molecule has 1 aromatic heterocycles. The third-order valence-corrected chi connectivity index (χ3v) is 5.66. The molecule has 8 nitrogen and oxygen atoms in total. The number of nitrogens with one attached hydrogen (secondary N) is 1. The van der Waals surface area contributed by atoms with Gasteiger partial charge in [0.2, 0.25) is 10.0 Å². The summed E-state index contributed by atoms with van der Waals surface area (Å²) in [5.74, 6) is 0.624. The van der Waals surface area contributed by atoms with Gasteiger partial charge in [0.1, 0.15) is 5.82 Å². The Morgan fingerprint density at radius 3 is 2.58 bits per heavy atom. The summed E-state index contributed by atoms with van der Waals surface area (Å²) in [5, 5.41) is 11.3. The van der Waals surface area contributed by atoms with Crippen molar-refractivity contribution in [1.29, 1.82) is 0 Å². The van der Waals surface area contributed by atoms with Gasteiger partial charge in [-0.05, 0) is 30.3 Å². The third kappa shape index (κ3) is 3.69. The minimum Gasteiger partial charge on any atom is -0.331 e. The van der Waals surface area contributed by atoms with E-state index in [1.54, 1.807) is 17.7 Å². The quantitative estimate of drug-likeness (QED) is 0.510. The molecule has 0 saturated carbocycles. The molecule has 1 N–H and O–H groups in total. The molecule has 0 aliphatic rings. The molecule has 0 spiro atoms. The fourth-order valence-corrected chi connectivity index (χ4v) is 3.73. The van der Waals surface area contributed by atoms with Crippen molar-refractivity contribution >= 4 is 38.3 Å². The lowest BCUT2D eigenvalue weighted by Gasteiger charge is -2.07. The molecule has 1 heterocycles. The van der Waals surface area contributed by atoms with Crippen LogP contribution in [0.25, 0.3) is 11.0 Å². The summed E-state index contributed by atoms with van der Waals surface area (Å²) in [6.45, 7) is 0.143. The van der Waals surface area contributed by atoms with Crippen molar-refractivity contribution in [2.45, 2.75) is 11.3 Å². The summed E-state index contributed by atoms with van der Waals surface area (Å²) in [5.41, 5.74) is 1.20. The molecule has 3 rings (SSSR count). The Bertz CT molecular complexity index is 1080. The van der Waals surface area contributed by atoms with E-state index in [0.717, 1.165) is 5.52 Å². The van der Waals surface area contributed by atoms with Crippen molar-refractivity contribution < 1.29 is 13.3 Å². The van der Waals surface area contributed by atoms with E-state index in [9.17, 15) is 18.5 Å². The number of benzene rings is 2. The van der Waals surface area contributed by atoms with Gasteiger partial charge in [-0.1, -0.05) is 11.6 Å². The fraction of sp³-hybridized carbons (Fsp3) is 0.188. The highest BCUT2D eigenvalue weighted by Crippen LogP contribution is 2.21. The maximum absolute atomic E-state index is 12.3. The first kappa shape index (κ1) is 18.3. The van der Waals surface area contributed by atoms with Gasteiger partial charge in [-0.25, -0.2) is 18.1 Å². The van der Waals surface area contributed by atoms with E-state index in [1.807, 2.05) is 0 Å². The molecule has 0 aliphatic carbocycles. The number of aryl methyl sites for hydroxylation is 1. The number of hydrogen-bond acceptors (Lipinski definition) is 5. The van der Waals surface area contributed by atoms with Crippen LogP contribution in [0.2, 0.25) is 5.02 Å². The zero-order valence-electron chi connectivity index (χ0n) is 13.7. The topological polar surface area (TPSA) is 107 Å². The Labute approximate surface area is 154 Å². The summed E-state index contributed by atoms with van der Waals surface area (Å²) >= 11 is 5.76. The summed E-state index contributed by atoms with van der Waals surface area (Å²) in [7, 11) is -1.86. The van der Waals surface area contributed by atoms with E-state index in [1.165, 1.54) is 36.4 Å². The second-order valence-electron chi connectivity index (χ2n) is 5.62. The van der Waals surface area contributed by atoms with Gasteiger partial charge in [0.05, 0.1) is 20.9 Å². The van der Waals surface area contributed by atoms with E-state index in [2.05, 4.69) is 9.71 Å². The van der Waals surface area contributed by atoms with Crippen LogP contribution < -0.4 is 4.72 Å². The number of rotatable bonds is 6. The first-order chi connectivity index (χ1) is 12.3. The number of non-ortho nitro benzene ring substituents is 1. The number of halogens is 1. The summed E-state index contributed by atoms with van der Waals surface area (Å²) in [6.07, 6.45) is 0.339. The zero-order valence-corrected chi connectivity index (χ0v) is 15.3. The predicted molar refractivity (Wildman–Crippen MR) is 97.7 cm³/mol. The van der Waals surface area contributed by atoms with E-state index < -0.39 is 14.9 Å². The monoisotopic (exact) mass is 394 g/mol. The Hall–Kier alpha value is -2.49. The number of aromatic nitrogens is 2. The van der Waals surface area contributed by atoms with Crippen LogP contribution in [-0.2, 0) is 23.5 Å². The predicted octanol–water partition coefficient (Wildman–Crippen LogP) is 2.66. The SMILES string of the molecule is Cn1c(CCNS(=O)(=O)c2ccc(Cl)cc2)nc2cc([N+](=O)[O-])ccc21. The van der Waals surface area contributed by atoms with Crippen LogP contribution >= 0.6 is 11.6 Å². The Balaban J connectivity index is 1.74. The molecule has 0 unspecified atom stereocenters.